The van der Waals surface area contributed by atoms with Crippen molar-refractivity contribution in [3.8, 4) is 0 Å². The SMILES string of the molecule is CC(C)CN(CC(=O)Nc1nccs1)C(=O)c1cccc(Cl)c1. The van der Waals surface area contributed by atoms with Crippen LogP contribution in [0.1, 0.15) is 24.2 Å². The summed E-state index contributed by atoms with van der Waals surface area (Å²) in [5.74, 6) is -0.239. The van der Waals surface area contributed by atoms with E-state index in [9.17, 15) is 9.59 Å². The highest BCUT2D eigenvalue weighted by Gasteiger charge is 2.20. The average molecular weight is 352 g/mol. The monoisotopic (exact) mass is 351 g/mol. The predicted octanol–water partition coefficient (Wildman–Crippen LogP) is 3.53. The Balaban J connectivity index is 2.09. The van der Waals surface area contributed by atoms with Crippen LogP contribution in [0.25, 0.3) is 0 Å². The lowest BCUT2D eigenvalue weighted by Gasteiger charge is -2.24. The quantitative estimate of drug-likeness (QED) is 0.865. The molecule has 2 amide bonds. The highest BCUT2D eigenvalue weighted by Crippen LogP contribution is 2.15. The molecule has 1 heterocycles. The first-order valence-corrected chi connectivity index (χ1v) is 8.45. The molecule has 23 heavy (non-hydrogen) atoms. The molecule has 0 saturated heterocycles. The third kappa shape index (κ3) is 5.33. The summed E-state index contributed by atoms with van der Waals surface area (Å²) in [5.41, 5.74) is 0.472. The Hall–Kier alpha value is -1.92. The van der Waals surface area contributed by atoms with E-state index in [1.165, 1.54) is 16.2 Å². The van der Waals surface area contributed by atoms with Gasteiger partial charge in [0.2, 0.25) is 5.91 Å². The number of nitrogens with one attached hydrogen (secondary N) is 1. The molecule has 0 bridgehead atoms. The molecule has 0 aliphatic carbocycles. The van der Waals surface area contributed by atoms with Crippen LogP contribution in [0.3, 0.4) is 0 Å². The van der Waals surface area contributed by atoms with Crippen molar-refractivity contribution >= 4 is 39.9 Å². The molecule has 0 fully saturated rings. The van der Waals surface area contributed by atoms with Gasteiger partial charge in [-0.1, -0.05) is 31.5 Å². The van der Waals surface area contributed by atoms with Crippen molar-refractivity contribution in [2.45, 2.75) is 13.8 Å². The van der Waals surface area contributed by atoms with Gasteiger partial charge in [-0.05, 0) is 24.1 Å². The Kier molecular flexibility index (Phi) is 6.12. The largest absolute Gasteiger partial charge is 0.329 e. The molecular weight excluding hydrogens is 334 g/mol. The summed E-state index contributed by atoms with van der Waals surface area (Å²) in [6, 6.07) is 6.73. The Morgan fingerprint density at radius 1 is 1.39 bits per heavy atom. The highest BCUT2D eigenvalue weighted by molar-refractivity contribution is 7.13. The first-order valence-electron chi connectivity index (χ1n) is 7.20. The second-order valence-corrected chi connectivity index (χ2v) is 6.81. The zero-order valence-corrected chi connectivity index (χ0v) is 14.5. The molecular formula is C16H18ClN3O2S. The van der Waals surface area contributed by atoms with E-state index in [2.05, 4.69) is 10.3 Å². The number of aromatic nitrogens is 1. The van der Waals surface area contributed by atoms with Crippen LogP contribution in [0.2, 0.25) is 5.02 Å². The summed E-state index contributed by atoms with van der Waals surface area (Å²) in [6.45, 7) is 4.45. The average Bonchev–Trinajstić information content (AvgIpc) is 2.98. The lowest BCUT2D eigenvalue weighted by molar-refractivity contribution is -0.117. The van der Waals surface area contributed by atoms with Crippen LogP contribution in [-0.4, -0.2) is 34.8 Å². The highest BCUT2D eigenvalue weighted by atomic mass is 35.5. The Morgan fingerprint density at radius 3 is 2.78 bits per heavy atom. The number of amides is 2. The minimum absolute atomic E-state index is 0.0247. The number of carbonyl (C=O) groups is 2. The first-order chi connectivity index (χ1) is 11.0. The first kappa shape index (κ1) is 17.4. The second-order valence-electron chi connectivity index (χ2n) is 5.48. The molecule has 1 aromatic heterocycles. The van der Waals surface area contributed by atoms with Crippen molar-refractivity contribution < 1.29 is 9.59 Å². The van der Waals surface area contributed by atoms with E-state index in [0.29, 0.717) is 22.3 Å². The Morgan fingerprint density at radius 2 is 2.17 bits per heavy atom. The number of halogens is 1. The maximum absolute atomic E-state index is 12.6. The number of nitrogens with zero attached hydrogens (tertiary/aromatic N) is 2. The molecule has 0 unspecified atom stereocenters. The van der Waals surface area contributed by atoms with E-state index in [-0.39, 0.29) is 24.3 Å². The molecule has 122 valence electrons. The van der Waals surface area contributed by atoms with Gasteiger partial charge in [-0.3, -0.25) is 9.59 Å². The van der Waals surface area contributed by atoms with E-state index in [1.807, 2.05) is 13.8 Å². The smallest absolute Gasteiger partial charge is 0.254 e. The fourth-order valence-electron chi connectivity index (χ4n) is 2.08. The molecule has 0 spiro atoms. The number of anilines is 1. The van der Waals surface area contributed by atoms with Gasteiger partial charge in [0.05, 0.1) is 0 Å². The molecule has 0 saturated carbocycles. The van der Waals surface area contributed by atoms with Gasteiger partial charge >= 0.3 is 0 Å². The maximum Gasteiger partial charge on any atom is 0.254 e. The fourth-order valence-corrected chi connectivity index (χ4v) is 2.82. The van der Waals surface area contributed by atoms with Crippen molar-refractivity contribution in [3.05, 3.63) is 46.4 Å². The molecule has 0 atom stereocenters. The zero-order chi connectivity index (χ0) is 16.8. The molecule has 0 radical (unpaired) electrons. The van der Waals surface area contributed by atoms with Gasteiger partial charge in [0.15, 0.2) is 5.13 Å². The lowest BCUT2D eigenvalue weighted by Crippen LogP contribution is -2.40. The summed E-state index contributed by atoms with van der Waals surface area (Å²) in [5, 5.41) is 5.48. The van der Waals surface area contributed by atoms with Gasteiger partial charge in [-0.2, -0.15) is 0 Å². The van der Waals surface area contributed by atoms with Crippen LogP contribution >= 0.6 is 22.9 Å². The van der Waals surface area contributed by atoms with E-state index in [4.69, 9.17) is 11.6 Å². The normalized spacial score (nSPS) is 10.6. The van der Waals surface area contributed by atoms with Crippen molar-refractivity contribution in [2.75, 3.05) is 18.4 Å². The molecule has 5 nitrogen and oxygen atoms in total. The van der Waals surface area contributed by atoms with Crippen LogP contribution in [0.15, 0.2) is 35.8 Å². The number of hydrogen-bond acceptors (Lipinski definition) is 4. The molecule has 0 aliphatic rings. The summed E-state index contributed by atoms with van der Waals surface area (Å²) in [4.78, 5) is 30.3. The number of thiazole rings is 1. The number of rotatable bonds is 6. The number of carbonyl (C=O) groups excluding carboxylic acids is 2. The van der Waals surface area contributed by atoms with Crippen LogP contribution in [0, 0.1) is 5.92 Å². The zero-order valence-electron chi connectivity index (χ0n) is 13.0. The maximum atomic E-state index is 12.6. The summed E-state index contributed by atoms with van der Waals surface area (Å²) >= 11 is 7.28. The standard InChI is InChI=1S/C16H18ClN3O2S/c1-11(2)9-20(10-14(21)19-16-18-6-7-23-16)15(22)12-4-3-5-13(17)8-12/h3-8,11H,9-10H2,1-2H3,(H,18,19,21). The fraction of sp³-hybridized carbons (Fsp3) is 0.312. The summed E-state index contributed by atoms with van der Waals surface area (Å²) < 4.78 is 0. The topological polar surface area (TPSA) is 62.3 Å². The van der Waals surface area contributed by atoms with Gasteiger partial charge < -0.3 is 10.2 Å². The van der Waals surface area contributed by atoms with Crippen LogP contribution < -0.4 is 5.32 Å². The van der Waals surface area contributed by atoms with Crippen molar-refractivity contribution in [3.63, 3.8) is 0 Å². The third-order valence-electron chi connectivity index (χ3n) is 2.96. The van der Waals surface area contributed by atoms with Crippen LogP contribution in [0.4, 0.5) is 5.13 Å². The molecule has 2 aromatic rings. The van der Waals surface area contributed by atoms with E-state index in [0.717, 1.165) is 0 Å². The minimum atomic E-state index is -0.268. The van der Waals surface area contributed by atoms with E-state index < -0.39 is 0 Å². The molecule has 7 heteroatoms. The van der Waals surface area contributed by atoms with Gasteiger partial charge in [-0.25, -0.2) is 4.98 Å². The molecule has 1 aromatic carbocycles. The minimum Gasteiger partial charge on any atom is -0.329 e. The summed E-state index contributed by atoms with van der Waals surface area (Å²) in [7, 11) is 0. The van der Waals surface area contributed by atoms with Crippen LogP contribution in [-0.2, 0) is 4.79 Å². The molecule has 1 N–H and O–H groups in total. The Bertz CT molecular complexity index is 674. The van der Waals surface area contributed by atoms with Gasteiger partial charge in [0.25, 0.3) is 5.91 Å². The predicted molar refractivity (Wildman–Crippen MR) is 92.9 cm³/mol. The van der Waals surface area contributed by atoms with Crippen LogP contribution in [0.5, 0.6) is 0 Å². The second kappa shape index (κ2) is 8.08. The van der Waals surface area contributed by atoms with E-state index in [1.54, 1.807) is 35.8 Å². The van der Waals surface area contributed by atoms with Crippen molar-refractivity contribution in [1.82, 2.24) is 9.88 Å². The van der Waals surface area contributed by atoms with Crippen molar-refractivity contribution in [2.24, 2.45) is 5.92 Å². The number of hydrogen-bond donors (Lipinski definition) is 1. The Labute approximate surface area is 144 Å². The van der Waals surface area contributed by atoms with Gasteiger partial charge in [-0.15, -0.1) is 11.3 Å². The third-order valence-corrected chi connectivity index (χ3v) is 3.88. The summed E-state index contributed by atoms with van der Waals surface area (Å²) in [6.07, 6.45) is 1.61. The van der Waals surface area contributed by atoms with Gasteiger partial charge in [0.1, 0.15) is 6.54 Å². The lowest BCUT2D eigenvalue weighted by atomic mass is 10.1. The number of benzene rings is 1. The molecule has 0 aliphatic heterocycles. The van der Waals surface area contributed by atoms with E-state index >= 15 is 0 Å². The van der Waals surface area contributed by atoms with Gasteiger partial charge in [0, 0.05) is 28.7 Å². The van der Waals surface area contributed by atoms with Crippen molar-refractivity contribution in [1.29, 1.82) is 0 Å². The molecule has 2 rings (SSSR count).